The number of halogens is 1. The van der Waals surface area contributed by atoms with E-state index in [4.69, 9.17) is 21.1 Å². The number of nitrogens with one attached hydrogen (secondary N) is 2. The van der Waals surface area contributed by atoms with Gasteiger partial charge in [0.25, 0.3) is 0 Å². The zero-order valence-corrected chi connectivity index (χ0v) is 15.5. The molecule has 0 fully saturated rings. The average Bonchev–Trinajstić information content (AvgIpc) is 2.65. The van der Waals surface area contributed by atoms with Crippen LogP contribution in [0.5, 0.6) is 11.5 Å². The highest BCUT2D eigenvalue weighted by molar-refractivity contribution is 6.31. The molecule has 0 aliphatic rings. The molecule has 0 unspecified atom stereocenters. The third-order valence-corrected chi connectivity index (χ3v) is 4.15. The van der Waals surface area contributed by atoms with E-state index in [1.54, 1.807) is 32.5 Å². The minimum Gasteiger partial charge on any atom is -0.497 e. The lowest BCUT2D eigenvalue weighted by molar-refractivity contribution is 0.415. The van der Waals surface area contributed by atoms with Crippen molar-refractivity contribution in [3.8, 4) is 11.5 Å². The van der Waals surface area contributed by atoms with Crippen LogP contribution < -0.4 is 20.1 Å². The molecule has 26 heavy (non-hydrogen) atoms. The molecule has 0 aliphatic heterocycles. The van der Waals surface area contributed by atoms with E-state index in [9.17, 15) is 0 Å². The molecule has 1 aromatic heterocycles. The smallest absolute Gasteiger partial charge is 0.229 e. The summed E-state index contributed by atoms with van der Waals surface area (Å²) in [6.45, 7) is 1.93. The summed E-state index contributed by atoms with van der Waals surface area (Å²) in [6.07, 6.45) is 1.68. The van der Waals surface area contributed by atoms with Gasteiger partial charge in [-0.15, -0.1) is 0 Å². The number of ether oxygens (including phenoxy) is 2. The summed E-state index contributed by atoms with van der Waals surface area (Å²) < 4.78 is 10.5. The van der Waals surface area contributed by atoms with Crippen LogP contribution in [0.4, 0.5) is 23.1 Å². The quantitative estimate of drug-likeness (QED) is 0.640. The summed E-state index contributed by atoms with van der Waals surface area (Å²) in [5, 5.41) is 7.04. The van der Waals surface area contributed by atoms with Crippen molar-refractivity contribution in [2.45, 2.75) is 6.92 Å². The Hall–Kier alpha value is -2.99. The number of nitrogens with zero attached hydrogens (tertiary/aromatic N) is 2. The number of aryl methyl sites for hydroxylation is 1. The lowest BCUT2D eigenvalue weighted by Crippen LogP contribution is -2.02. The summed E-state index contributed by atoms with van der Waals surface area (Å²) in [7, 11) is 3.23. The van der Waals surface area contributed by atoms with Crippen LogP contribution >= 0.6 is 11.6 Å². The number of hydrogen-bond acceptors (Lipinski definition) is 6. The van der Waals surface area contributed by atoms with Gasteiger partial charge in [-0.25, -0.2) is 4.98 Å². The van der Waals surface area contributed by atoms with E-state index in [0.717, 1.165) is 22.7 Å². The Morgan fingerprint density at radius 3 is 2.42 bits per heavy atom. The summed E-state index contributed by atoms with van der Waals surface area (Å²) in [5.41, 5.74) is 2.58. The molecule has 0 bridgehead atoms. The summed E-state index contributed by atoms with van der Waals surface area (Å²) in [6, 6.07) is 13.0. The molecule has 0 aliphatic carbocycles. The molecule has 0 atom stereocenters. The predicted octanol–water partition coefficient (Wildman–Crippen LogP) is 4.94. The zero-order valence-electron chi connectivity index (χ0n) is 14.7. The van der Waals surface area contributed by atoms with Crippen LogP contribution in [0.15, 0.2) is 48.7 Å². The minimum atomic E-state index is 0.448. The van der Waals surface area contributed by atoms with Gasteiger partial charge in [-0.05, 0) is 48.9 Å². The second-order valence-corrected chi connectivity index (χ2v) is 5.95. The minimum absolute atomic E-state index is 0.448. The highest BCUT2D eigenvalue weighted by atomic mass is 35.5. The third-order valence-electron chi connectivity index (χ3n) is 3.75. The monoisotopic (exact) mass is 370 g/mol. The second-order valence-electron chi connectivity index (χ2n) is 5.55. The van der Waals surface area contributed by atoms with Crippen molar-refractivity contribution >= 4 is 34.7 Å². The molecule has 0 spiro atoms. The fourth-order valence-corrected chi connectivity index (χ4v) is 2.51. The number of benzene rings is 2. The van der Waals surface area contributed by atoms with Gasteiger partial charge in [-0.2, -0.15) is 4.98 Å². The van der Waals surface area contributed by atoms with Gasteiger partial charge >= 0.3 is 0 Å². The molecule has 0 amide bonds. The Bertz CT molecular complexity index is 901. The van der Waals surface area contributed by atoms with Crippen LogP contribution in [0, 0.1) is 6.92 Å². The standard InChI is InChI=1S/C19H19ClN4O2/c1-12-10-16(17(26-3)11-15(12)20)23-19-21-9-8-18(24-19)22-13-4-6-14(25-2)7-5-13/h4-11H,1-3H3,(H2,21,22,23,24). The van der Waals surface area contributed by atoms with Crippen LogP contribution in [-0.4, -0.2) is 24.2 Å². The highest BCUT2D eigenvalue weighted by Gasteiger charge is 2.09. The van der Waals surface area contributed by atoms with E-state index in [0.29, 0.717) is 22.5 Å². The van der Waals surface area contributed by atoms with Crippen molar-refractivity contribution in [1.82, 2.24) is 9.97 Å². The van der Waals surface area contributed by atoms with E-state index in [1.807, 2.05) is 37.3 Å². The first-order valence-corrected chi connectivity index (χ1v) is 8.32. The van der Waals surface area contributed by atoms with Crippen LogP contribution in [-0.2, 0) is 0 Å². The molecule has 134 valence electrons. The van der Waals surface area contributed by atoms with Crippen molar-refractivity contribution in [1.29, 1.82) is 0 Å². The number of anilines is 4. The average molecular weight is 371 g/mol. The lowest BCUT2D eigenvalue weighted by Gasteiger charge is -2.13. The van der Waals surface area contributed by atoms with Crippen molar-refractivity contribution in [3.05, 3.63) is 59.2 Å². The summed E-state index contributed by atoms with van der Waals surface area (Å²) in [5.74, 6) is 2.53. The molecule has 3 aromatic rings. The molecular formula is C19H19ClN4O2. The van der Waals surface area contributed by atoms with Crippen molar-refractivity contribution < 1.29 is 9.47 Å². The number of rotatable bonds is 6. The molecule has 0 saturated carbocycles. The first-order valence-electron chi connectivity index (χ1n) is 7.94. The van der Waals surface area contributed by atoms with Gasteiger partial charge in [-0.3, -0.25) is 0 Å². The number of hydrogen-bond donors (Lipinski definition) is 2. The Morgan fingerprint density at radius 2 is 1.73 bits per heavy atom. The maximum Gasteiger partial charge on any atom is 0.229 e. The molecular weight excluding hydrogens is 352 g/mol. The van der Waals surface area contributed by atoms with E-state index in [2.05, 4.69) is 20.6 Å². The Morgan fingerprint density at radius 1 is 0.962 bits per heavy atom. The Kier molecular flexibility index (Phi) is 5.43. The van der Waals surface area contributed by atoms with Gasteiger partial charge in [0.1, 0.15) is 17.3 Å². The van der Waals surface area contributed by atoms with Gasteiger partial charge < -0.3 is 20.1 Å². The second kappa shape index (κ2) is 7.93. The van der Waals surface area contributed by atoms with Crippen LogP contribution in [0.3, 0.4) is 0 Å². The van der Waals surface area contributed by atoms with Gasteiger partial charge in [0.15, 0.2) is 0 Å². The first kappa shape index (κ1) is 17.8. The van der Waals surface area contributed by atoms with Crippen LogP contribution in [0.25, 0.3) is 0 Å². The van der Waals surface area contributed by atoms with E-state index in [-0.39, 0.29) is 0 Å². The van der Waals surface area contributed by atoms with Gasteiger partial charge in [0, 0.05) is 23.0 Å². The number of aromatic nitrogens is 2. The first-order chi connectivity index (χ1) is 12.6. The van der Waals surface area contributed by atoms with E-state index < -0.39 is 0 Å². The van der Waals surface area contributed by atoms with E-state index in [1.165, 1.54) is 0 Å². The SMILES string of the molecule is COc1ccc(Nc2ccnc(Nc3cc(C)c(Cl)cc3OC)n2)cc1. The third kappa shape index (κ3) is 4.15. The molecule has 1 heterocycles. The highest BCUT2D eigenvalue weighted by Crippen LogP contribution is 2.32. The van der Waals surface area contributed by atoms with Gasteiger partial charge in [0.2, 0.25) is 5.95 Å². The largest absolute Gasteiger partial charge is 0.497 e. The number of methoxy groups -OCH3 is 2. The van der Waals surface area contributed by atoms with Crippen LogP contribution in [0.1, 0.15) is 5.56 Å². The summed E-state index contributed by atoms with van der Waals surface area (Å²) in [4.78, 5) is 8.74. The van der Waals surface area contributed by atoms with E-state index >= 15 is 0 Å². The van der Waals surface area contributed by atoms with Gasteiger partial charge in [-0.1, -0.05) is 11.6 Å². The topological polar surface area (TPSA) is 68.3 Å². The molecule has 2 N–H and O–H groups in total. The lowest BCUT2D eigenvalue weighted by atomic mass is 10.2. The molecule has 3 rings (SSSR count). The Balaban J connectivity index is 1.80. The maximum atomic E-state index is 6.15. The fraction of sp³-hybridized carbons (Fsp3) is 0.158. The van der Waals surface area contributed by atoms with Crippen LogP contribution in [0.2, 0.25) is 5.02 Å². The molecule has 0 radical (unpaired) electrons. The Labute approximate surface area is 157 Å². The van der Waals surface area contributed by atoms with Crippen molar-refractivity contribution in [3.63, 3.8) is 0 Å². The summed E-state index contributed by atoms with van der Waals surface area (Å²) >= 11 is 6.15. The van der Waals surface area contributed by atoms with Gasteiger partial charge in [0.05, 0.1) is 19.9 Å². The maximum absolute atomic E-state index is 6.15. The molecule has 2 aromatic carbocycles. The molecule has 7 heteroatoms. The fourth-order valence-electron chi connectivity index (χ4n) is 2.36. The predicted molar refractivity (Wildman–Crippen MR) is 104 cm³/mol. The molecule has 0 saturated heterocycles. The normalized spacial score (nSPS) is 10.3. The van der Waals surface area contributed by atoms with Crippen molar-refractivity contribution in [2.24, 2.45) is 0 Å². The van der Waals surface area contributed by atoms with Crippen molar-refractivity contribution in [2.75, 3.05) is 24.9 Å². The molecule has 6 nitrogen and oxygen atoms in total. The zero-order chi connectivity index (χ0) is 18.5.